The number of aliphatic imine (C=N–C) groups is 1. The Morgan fingerprint density at radius 2 is 1.33 bits per heavy atom. The molecule has 0 saturated carbocycles. The fourth-order valence-corrected chi connectivity index (χ4v) is 2.25. The van der Waals surface area contributed by atoms with E-state index in [-0.39, 0.29) is 12.4 Å². The minimum atomic E-state index is 0. The minimum Gasteiger partial charge on any atom is -0.282 e. The fraction of sp³-hybridized carbons (Fsp3) is 0.0500. The highest BCUT2D eigenvalue weighted by Crippen LogP contribution is 2.20. The summed E-state index contributed by atoms with van der Waals surface area (Å²) >= 11 is 0. The average Bonchev–Trinajstić information content (AvgIpc) is 2.62. The van der Waals surface area contributed by atoms with Gasteiger partial charge in [0.15, 0.2) is 5.84 Å². The molecule has 0 atom stereocenters. The third-order valence-corrected chi connectivity index (χ3v) is 3.50. The van der Waals surface area contributed by atoms with E-state index in [9.17, 15) is 5.21 Å². The van der Waals surface area contributed by atoms with Crippen LogP contribution >= 0.6 is 12.4 Å². The largest absolute Gasteiger partial charge is 0.282 e. The fourth-order valence-electron chi connectivity index (χ4n) is 2.25. The molecule has 24 heavy (non-hydrogen) atoms. The Kier molecular flexibility index (Phi) is 6.13. The molecule has 0 heterocycles. The number of para-hydroxylation sites is 1. The molecule has 122 valence electrons. The summed E-state index contributed by atoms with van der Waals surface area (Å²) in [6.45, 7) is 2.04. The molecule has 0 aromatic heterocycles. The Morgan fingerprint density at radius 3 is 1.92 bits per heavy atom. The average molecular weight is 339 g/mol. The van der Waals surface area contributed by atoms with Gasteiger partial charge in [-0.25, -0.2) is 10.1 Å². The van der Waals surface area contributed by atoms with Gasteiger partial charge in [0.2, 0.25) is 0 Å². The predicted octanol–water partition coefficient (Wildman–Crippen LogP) is 5.39. The zero-order valence-corrected chi connectivity index (χ0v) is 14.1. The first-order chi connectivity index (χ1) is 11.2. The molecule has 3 rings (SSSR count). The van der Waals surface area contributed by atoms with E-state index in [2.05, 4.69) is 4.99 Å². The molecule has 0 aliphatic rings. The van der Waals surface area contributed by atoms with Crippen LogP contribution in [-0.2, 0) is 0 Å². The van der Waals surface area contributed by atoms with E-state index in [1.165, 1.54) is 5.56 Å². The normalized spacial score (nSPS) is 10.8. The van der Waals surface area contributed by atoms with Crippen LogP contribution in [0.3, 0.4) is 0 Å². The number of hydrogen-bond acceptors (Lipinski definition) is 2. The highest BCUT2D eigenvalue weighted by molar-refractivity contribution is 6.09. The van der Waals surface area contributed by atoms with Gasteiger partial charge >= 0.3 is 0 Å². The molecule has 0 fully saturated rings. The van der Waals surface area contributed by atoms with E-state index in [1.807, 2.05) is 91.9 Å². The number of hydroxylamine groups is 1. The van der Waals surface area contributed by atoms with Crippen molar-refractivity contribution >= 4 is 29.6 Å². The van der Waals surface area contributed by atoms with E-state index >= 15 is 0 Å². The Morgan fingerprint density at radius 1 is 0.792 bits per heavy atom. The smallest absolute Gasteiger partial charge is 0.165 e. The van der Waals surface area contributed by atoms with Crippen LogP contribution in [0.1, 0.15) is 11.1 Å². The number of hydrogen-bond donors (Lipinski definition) is 1. The topological polar surface area (TPSA) is 35.8 Å². The van der Waals surface area contributed by atoms with E-state index in [1.54, 1.807) is 0 Å². The summed E-state index contributed by atoms with van der Waals surface area (Å²) in [5.74, 6) is 0.487. The number of benzene rings is 3. The summed E-state index contributed by atoms with van der Waals surface area (Å²) in [6.07, 6.45) is 0. The molecule has 0 spiro atoms. The zero-order chi connectivity index (χ0) is 16.1. The maximum atomic E-state index is 10.7. The van der Waals surface area contributed by atoms with E-state index in [0.717, 1.165) is 16.3 Å². The molecule has 0 aliphatic heterocycles. The first kappa shape index (κ1) is 17.7. The molecule has 0 aliphatic carbocycles. The van der Waals surface area contributed by atoms with Crippen molar-refractivity contribution in [2.45, 2.75) is 6.92 Å². The number of halogens is 1. The van der Waals surface area contributed by atoms with Crippen LogP contribution < -0.4 is 5.06 Å². The molecule has 0 amide bonds. The van der Waals surface area contributed by atoms with Crippen molar-refractivity contribution in [3.63, 3.8) is 0 Å². The Labute approximate surface area is 148 Å². The van der Waals surface area contributed by atoms with Gasteiger partial charge in [0.1, 0.15) is 0 Å². The van der Waals surface area contributed by atoms with E-state index < -0.39 is 0 Å². The van der Waals surface area contributed by atoms with Gasteiger partial charge < -0.3 is 0 Å². The maximum absolute atomic E-state index is 10.7. The zero-order valence-electron chi connectivity index (χ0n) is 13.3. The van der Waals surface area contributed by atoms with Crippen LogP contribution in [0.2, 0.25) is 0 Å². The van der Waals surface area contributed by atoms with Gasteiger partial charge in [0.05, 0.1) is 11.4 Å². The summed E-state index contributed by atoms with van der Waals surface area (Å²) in [4.78, 5) is 4.64. The summed E-state index contributed by atoms with van der Waals surface area (Å²) in [5.41, 5.74) is 3.49. The summed E-state index contributed by atoms with van der Waals surface area (Å²) in [5, 5.41) is 11.8. The van der Waals surface area contributed by atoms with Crippen LogP contribution in [0.5, 0.6) is 0 Å². The van der Waals surface area contributed by atoms with Gasteiger partial charge in [-0.05, 0) is 31.2 Å². The predicted molar refractivity (Wildman–Crippen MR) is 102 cm³/mol. The van der Waals surface area contributed by atoms with Gasteiger partial charge in [-0.15, -0.1) is 12.4 Å². The molecule has 3 aromatic carbocycles. The number of amidine groups is 1. The number of nitrogens with zero attached hydrogens (tertiary/aromatic N) is 2. The molecule has 0 saturated heterocycles. The van der Waals surface area contributed by atoms with Gasteiger partial charge in [0.25, 0.3) is 0 Å². The van der Waals surface area contributed by atoms with Crippen molar-refractivity contribution in [1.82, 2.24) is 0 Å². The SMILES string of the molecule is Cc1ccc(N=C(c2ccccc2)N(O)c2ccccc2)cc1.Cl. The lowest BCUT2D eigenvalue weighted by atomic mass is 10.2. The Balaban J connectivity index is 0.00000208. The van der Waals surface area contributed by atoms with Crippen LogP contribution in [0.25, 0.3) is 0 Å². The van der Waals surface area contributed by atoms with Crippen LogP contribution in [0.15, 0.2) is 89.9 Å². The highest BCUT2D eigenvalue weighted by Gasteiger charge is 2.13. The molecule has 0 radical (unpaired) electrons. The van der Waals surface area contributed by atoms with Crippen molar-refractivity contribution in [2.24, 2.45) is 4.99 Å². The quantitative estimate of drug-likeness (QED) is 0.395. The second-order valence-corrected chi connectivity index (χ2v) is 5.28. The molecule has 3 nitrogen and oxygen atoms in total. The molecule has 3 aromatic rings. The standard InChI is InChI=1S/C20H18N2O.ClH/c1-16-12-14-18(15-13-16)21-20(17-8-4-2-5-9-17)22(23)19-10-6-3-7-11-19;/h2-15,23H,1H3;1H. The second kappa shape index (κ2) is 8.29. The molecule has 1 N–H and O–H groups in total. The van der Waals surface area contributed by atoms with E-state index in [0.29, 0.717) is 11.5 Å². The molecule has 4 heteroatoms. The van der Waals surface area contributed by atoms with Gasteiger partial charge in [-0.2, -0.15) is 0 Å². The second-order valence-electron chi connectivity index (χ2n) is 5.28. The lowest BCUT2D eigenvalue weighted by Crippen LogP contribution is -2.27. The summed E-state index contributed by atoms with van der Waals surface area (Å²) in [6, 6.07) is 26.9. The minimum absolute atomic E-state index is 0. The van der Waals surface area contributed by atoms with Crippen LogP contribution in [0.4, 0.5) is 11.4 Å². The number of anilines is 1. The van der Waals surface area contributed by atoms with Crippen molar-refractivity contribution < 1.29 is 5.21 Å². The van der Waals surface area contributed by atoms with Crippen molar-refractivity contribution in [3.05, 3.63) is 96.1 Å². The lowest BCUT2D eigenvalue weighted by molar-refractivity contribution is 0.313. The Hall–Kier alpha value is -2.62. The lowest BCUT2D eigenvalue weighted by Gasteiger charge is -2.19. The molecule has 0 bridgehead atoms. The van der Waals surface area contributed by atoms with Crippen LogP contribution in [0, 0.1) is 6.92 Å². The first-order valence-electron chi connectivity index (χ1n) is 7.49. The van der Waals surface area contributed by atoms with Crippen LogP contribution in [-0.4, -0.2) is 11.0 Å². The summed E-state index contributed by atoms with van der Waals surface area (Å²) < 4.78 is 0. The summed E-state index contributed by atoms with van der Waals surface area (Å²) in [7, 11) is 0. The van der Waals surface area contributed by atoms with Crippen molar-refractivity contribution in [1.29, 1.82) is 0 Å². The molecule has 0 unspecified atom stereocenters. The maximum Gasteiger partial charge on any atom is 0.165 e. The Bertz CT molecular complexity index is 787. The van der Waals surface area contributed by atoms with Gasteiger partial charge in [-0.1, -0.05) is 66.2 Å². The van der Waals surface area contributed by atoms with Gasteiger partial charge in [-0.3, -0.25) is 5.21 Å². The van der Waals surface area contributed by atoms with Crippen molar-refractivity contribution in [2.75, 3.05) is 5.06 Å². The van der Waals surface area contributed by atoms with Crippen molar-refractivity contribution in [3.8, 4) is 0 Å². The number of aryl methyl sites for hydroxylation is 1. The third-order valence-electron chi connectivity index (χ3n) is 3.50. The molecular formula is C20H19ClN2O. The molecular weight excluding hydrogens is 320 g/mol. The monoisotopic (exact) mass is 338 g/mol. The van der Waals surface area contributed by atoms with Gasteiger partial charge in [0, 0.05) is 5.56 Å². The third kappa shape index (κ3) is 4.22. The van der Waals surface area contributed by atoms with E-state index in [4.69, 9.17) is 0 Å². The first-order valence-corrected chi connectivity index (χ1v) is 7.49. The number of rotatable bonds is 3. The highest BCUT2D eigenvalue weighted by atomic mass is 35.5.